The molecule has 1 heterocycles. The van der Waals surface area contributed by atoms with Gasteiger partial charge in [-0.25, -0.2) is 4.39 Å². The van der Waals surface area contributed by atoms with Crippen molar-refractivity contribution in [2.24, 2.45) is 0 Å². The first-order valence-corrected chi connectivity index (χ1v) is 6.63. The maximum absolute atomic E-state index is 13.7. The Kier molecular flexibility index (Phi) is 3.39. The lowest BCUT2D eigenvalue weighted by atomic mass is 10.1. The van der Waals surface area contributed by atoms with Crippen LogP contribution < -0.4 is 5.32 Å². The molecule has 1 amide bonds. The van der Waals surface area contributed by atoms with Gasteiger partial charge in [0.1, 0.15) is 5.82 Å². The molecule has 0 aliphatic rings. The van der Waals surface area contributed by atoms with Crippen molar-refractivity contribution in [2.45, 2.75) is 13.0 Å². The minimum absolute atomic E-state index is 0.248. The number of hydrogen-bond donors (Lipinski definition) is 2. The summed E-state index contributed by atoms with van der Waals surface area (Å²) in [6, 6.07) is 11.3. The van der Waals surface area contributed by atoms with Gasteiger partial charge in [0, 0.05) is 16.5 Å². The Labute approximate surface area is 121 Å². The van der Waals surface area contributed by atoms with E-state index in [9.17, 15) is 9.18 Å². The fourth-order valence-electron chi connectivity index (χ4n) is 2.26. The number of nitrogens with zero attached hydrogens (tertiary/aromatic N) is 1. The molecule has 0 aliphatic heterocycles. The van der Waals surface area contributed by atoms with Crippen LogP contribution in [0, 0.1) is 5.82 Å². The first kappa shape index (κ1) is 13.3. The number of halogens is 1. The highest BCUT2D eigenvalue weighted by molar-refractivity contribution is 5.97. The lowest BCUT2D eigenvalue weighted by Crippen LogP contribution is -2.27. The molecule has 3 rings (SSSR count). The van der Waals surface area contributed by atoms with Gasteiger partial charge in [-0.15, -0.1) is 0 Å². The monoisotopic (exact) mass is 283 g/mol. The lowest BCUT2D eigenvalue weighted by Gasteiger charge is -2.15. The molecule has 3 aromatic rings. The van der Waals surface area contributed by atoms with E-state index in [1.807, 2.05) is 6.07 Å². The van der Waals surface area contributed by atoms with Gasteiger partial charge in [-0.3, -0.25) is 9.89 Å². The number of carbonyl (C=O) groups is 1. The number of fused-ring (bicyclic) bond motifs is 1. The van der Waals surface area contributed by atoms with Gasteiger partial charge in [0.2, 0.25) is 0 Å². The Morgan fingerprint density at radius 2 is 2.10 bits per heavy atom. The van der Waals surface area contributed by atoms with Crippen LogP contribution in [0.4, 0.5) is 4.39 Å². The maximum atomic E-state index is 13.7. The van der Waals surface area contributed by atoms with Gasteiger partial charge in [0.15, 0.2) is 0 Å². The average Bonchev–Trinajstić information content (AvgIpc) is 2.94. The summed E-state index contributed by atoms with van der Waals surface area (Å²) in [5.41, 5.74) is 1.77. The normalized spacial score (nSPS) is 12.3. The van der Waals surface area contributed by atoms with Crippen LogP contribution in [-0.4, -0.2) is 16.1 Å². The molecule has 106 valence electrons. The third kappa shape index (κ3) is 2.63. The highest BCUT2D eigenvalue weighted by Gasteiger charge is 2.14. The first-order chi connectivity index (χ1) is 10.1. The van der Waals surface area contributed by atoms with E-state index in [0.717, 1.165) is 10.9 Å². The van der Waals surface area contributed by atoms with Crippen molar-refractivity contribution in [3.8, 4) is 0 Å². The van der Waals surface area contributed by atoms with Crippen molar-refractivity contribution in [1.29, 1.82) is 0 Å². The molecule has 4 nitrogen and oxygen atoms in total. The third-order valence-electron chi connectivity index (χ3n) is 3.42. The van der Waals surface area contributed by atoms with E-state index in [1.165, 1.54) is 6.07 Å². The molecule has 0 radical (unpaired) electrons. The van der Waals surface area contributed by atoms with E-state index in [4.69, 9.17) is 0 Å². The van der Waals surface area contributed by atoms with Gasteiger partial charge in [-0.2, -0.15) is 5.10 Å². The Hall–Kier alpha value is -2.69. The molecule has 1 atom stereocenters. The van der Waals surface area contributed by atoms with Crippen molar-refractivity contribution in [3.05, 3.63) is 65.6 Å². The molecule has 0 saturated heterocycles. The number of H-pyrrole nitrogens is 1. The highest BCUT2D eigenvalue weighted by Crippen LogP contribution is 2.18. The molecule has 0 bridgehead atoms. The predicted octanol–water partition coefficient (Wildman–Crippen LogP) is 3.19. The molecule has 1 unspecified atom stereocenters. The summed E-state index contributed by atoms with van der Waals surface area (Å²) in [6.45, 7) is 1.76. The highest BCUT2D eigenvalue weighted by atomic mass is 19.1. The van der Waals surface area contributed by atoms with Crippen molar-refractivity contribution in [3.63, 3.8) is 0 Å². The Morgan fingerprint density at radius 3 is 2.90 bits per heavy atom. The number of amides is 1. The molecule has 21 heavy (non-hydrogen) atoms. The summed E-state index contributed by atoms with van der Waals surface area (Å²) in [4.78, 5) is 12.2. The summed E-state index contributed by atoms with van der Waals surface area (Å²) in [5, 5.41) is 10.5. The largest absolute Gasteiger partial charge is 0.345 e. The zero-order valence-electron chi connectivity index (χ0n) is 11.4. The number of rotatable bonds is 3. The van der Waals surface area contributed by atoms with Crippen LogP contribution in [0.5, 0.6) is 0 Å². The first-order valence-electron chi connectivity index (χ1n) is 6.63. The average molecular weight is 283 g/mol. The van der Waals surface area contributed by atoms with Crippen molar-refractivity contribution < 1.29 is 9.18 Å². The van der Waals surface area contributed by atoms with Crippen LogP contribution in [0.3, 0.4) is 0 Å². The van der Waals surface area contributed by atoms with E-state index >= 15 is 0 Å². The van der Waals surface area contributed by atoms with Crippen LogP contribution in [0.15, 0.2) is 48.7 Å². The topological polar surface area (TPSA) is 57.8 Å². The van der Waals surface area contributed by atoms with E-state index in [2.05, 4.69) is 15.5 Å². The standard InChI is InChI=1S/C16H14FN3O/c1-10(13-4-2-3-5-14(13)17)19-16(21)11-6-7-12-9-18-20-15(12)8-11/h2-10H,1H3,(H,18,20)(H,19,21). The molecule has 0 fully saturated rings. The van der Waals surface area contributed by atoms with E-state index in [1.54, 1.807) is 43.5 Å². The number of hydrogen-bond acceptors (Lipinski definition) is 2. The second-order valence-electron chi connectivity index (χ2n) is 4.89. The molecule has 0 aliphatic carbocycles. The van der Waals surface area contributed by atoms with Crippen molar-refractivity contribution in [1.82, 2.24) is 15.5 Å². The minimum Gasteiger partial charge on any atom is -0.345 e. The lowest BCUT2D eigenvalue weighted by molar-refractivity contribution is 0.0939. The summed E-state index contributed by atoms with van der Waals surface area (Å²) in [6.07, 6.45) is 1.69. The number of carbonyl (C=O) groups excluding carboxylic acids is 1. The molecular weight excluding hydrogens is 269 g/mol. The number of nitrogens with one attached hydrogen (secondary N) is 2. The number of benzene rings is 2. The van der Waals surface area contributed by atoms with Gasteiger partial charge in [0.05, 0.1) is 17.8 Å². The quantitative estimate of drug-likeness (QED) is 0.775. The number of aromatic nitrogens is 2. The van der Waals surface area contributed by atoms with Crippen LogP contribution in [0.1, 0.15) is 28.9 Å². The minimum atomic E-state index is -0.406. The summed E-state index contributed by atoms with van der Waals surface area (Å²) in [5.74, 6) is -0.573. The second kappa shape index (κ2) is 5.36. The molecule has 2 N–H and O–H groups in total. The molecule has 5 heteroatoms. The third-order valence-corrected chi connectivity index (χ3v) is 3.42. The summed E-state index contributed by atoms with van der Waals surface area (Å²) >= 11 is 0. The second-order valence-corrected chi connectivity index (χ2v) is 4.89. The van der Waals surface area contributed by atoms with Crippen molar-refractivity contribution in [2.75, 3.05) is 0 Å². The fourth-order valence-corrected chi connectivity index (χ4v) is 2.26. The molecule has 0 spiro atoms. The smallest absolute Gasteiger partial charge is 0.251 e. The van der Waals surface area contributed by atoms with E-state index < -0.39 is 6.04 Å². The number of aromatic amines is 1. The van der Waals surface area contributed by atoms with Crippen LogP contribution in [0.25, 0.3) is 10.9 Å². The SMILES string of the molecule is CC(NC(=O)c1ccc2cn[nH]c2c1)c1ccccc1F. The van der Waals surface area contributed by atoms with E-state index in [0.29, 0.717) is 11.1 Å². The zero-order chi connectivity index (χ0) is 14.8. The maximum Gasteiger partial charge on any atom is 0.251 e. The molecular formula is C16H14FN3O. The Balaban J connectivity index is 1.81. The van der Waals surface area contributed by atoms with E-state index in [-0.39, 0.29) is 11.7 Å². The van der Waals surface area contributed by atoms with Gasteiger partial charge in [-0.05, 0) is 25.1 Å². The summed E-state index contributed by atoms with van der Waals surface area (Å²) < 4.78 is 13.7. The molecule has 2 aromatic carbocycles. The van der Waals surface area contributed by atoms with Crippen LogP contribution >= 0.6 is 0 Å². The van der Waals surface area contributed by atoms with Gasteiger partial charge >= 0.3 is 0 Å². The van der Waals surface area contributed by atoms with Crippen molar-refractivity contribution >= 4 is 16.8 Å². The summed E-state index contributed by atoms with van der Waals surface area (Å²) in [7, 11) is 0. The zero-order valence-corrected chi connectivity index (χ0v) is 11.4. The Bertz CT molecular complexity index is 797. The Morgan fingerprint density at radius 1 is 1.29 bits per heavy atom. The molecule has 0 saturated carbocycles. The van der Waals surface area contributed by atoms with Gasteiger partial charge in [-0.1, -0.05) is 24.3 Å². The van der Waals surface area contributed by atoms with Crippen LogP contribution in [0.2, 0.25) is 0 Å². The predicted molar refractivity (Wildman–Crippen MR) is 78.4 cm³/mol. The molecule has 1 aromatic heterocycles. The fraction of sp³-hybridized carbons (Fsp3) is 0.125. The van der Waals surface area contributed by atoms with Gasteiger partial charge < -0.3 is 5.32 Å². The van der Waals surface area contributed by atoms with Gasteiger partial charge in [0.25, 0.3) is 5.91 Å². The van der Waals surface area contributed by atoms with Crippen LogP contribution in [-0.2, 0) is 0 Å².